The summed E-state index contributed by atoms with van der Waals surface area (Å²) in [6.45, 7) is 2.19. The number of esters is 1. The molecule has 0 radical (unpaired) electrons. The van der Waals surface area contributed by atoms with Crippen LogP contribution < -0.4 is 0 Å². The largest absolute Gasteiger partial charge is 0.455 e. The number of hydrogen-bond acceptors (Lipinski definition) is 2. The van der Waals surface area contributed by atoms with Crippen molar-refractivity contribution >= 4 is 5.97 Å². The zero-order valence-corrected chi connectivity index (χ0v) is 8.74. The second kappa shape index (κ2) is 6.41. The van der Waals surface area contributed by atoms with Crippen LogP contribution in [0, 0.1) is 0 Å². The molecule has 1 aliphatic rings. The van der Waals surface area contributed by atoms with Gasteiger partial charge in [-0.05, 0) is 18.9 Å². The van der Waals surface area contributed by atoms with Crippen molar-refractivity contribution in [3.8, 4) is 0 Å². The van der Waals surface area contributed by atoms with E-state index in [1.807, 2.05) is 12.2 Å². The standard InChI is InChI=1S/C12H18O2/c1-2-3-4-5-6-8-11-9-7-10-12(13)14-11/h6-8,10-11H,2-5,9H2,1H3/b8-6-/t11-/m1/s1. The summed E-state index contributed by atoms with van der Waals surface area (Å²) in [6.07, 6.45) is 13.1. The summed E-state index contributed by atoms with van der Waals surface area (Å²) in [5, 5.41) is 0. The van der Waals surface area contributed by atoms with Gasteiger partial charge in [0.25, 0.3) is 0 Å². The monoisotopic (exact) mass is 194 g/mol. The molecule has 0 fully saturated rings. The molecule has 2 heteroatoms. The minimum Gasteiger partial charge on any atom is -0.455 e. The van der Waals surface area contributed by atoms with Crippen molar-refractivity contribution in [1.29, 1.82) is 0 Å². The number of rotatable bonds is 5. The van der Waals surface area contributed by atoms with Gasteiger partial charge >= 0.3 is 5.97 Å². The summed E-state index contributed by atoms with van der Waals surface area (Å²) >= 11 is 0. The van der Waals surface area contributed by atoms with Crippen LogP contribution >= 0.6 is 0 Å². The van der Waals surface area contributed by atoms with Crippen molar-refractivity contribution in [2.75, 3.05) is 0 Å². The van der Waals surface area contributed by atoms with Crippen molar-refractivity contribution in [3.63, 3.8) is 0 Å². The summed E-state index contributed by atoms with van der Waals surface area (Å²) in [7, 11) is 0. The van der Waals surface area contributed by atoms with Gasteiger partial charge in [-0.25, -0.2) is 4.79 Å². The first-order valence-corrected chi connectivity index (χ1v) is 5.36. The Bertz CT molecular complexity index is 228. The SMILES string of the molecule is CCCCC/C=C\[C@@H]1CC=CC(=O)O1. The van der Waals surface area contributed by atoms with E-state index in [-0.39, 0.29) is 12.1 Å². The van der Waals surface area contributed by atoms with E-state index in [1.54, 1.807) is 0 Å². The number of carbonyl (C=O) groups is 1. The molecular weight excluding hydrogens is 176 g/mol. The molecule has 1 atom stereocenters. The van der Waals surface area contributed by atoms with Crippen molar-refractivity contribution in [1.82, 2.24) is 0 Å². The topological polar surface area (TPSA) is 26.3 Å². The van der Waals surface area contributed by atoms with Crippen LogP contribution in [0.1, 0.15) is 39.0 Å². The quantitative estimate of drug-likeness (QED) is 0.382. The Morgan fingerprint density at radius 1 is 1.57 bits per heavy atom. The first-order valence-electron chi connectivity index (χ1n) is 5.36. The third-order valence-electron chi connectivity index (χ3n) is 2.21. The number of carbonyl (C=O) groups excluding carboxylic acids is 1. The molecule has 0 aromatic carbocycles. The van der Waals surface area contributed by atoms with Crippen LogP contribution in [0.4, 0.5) is 0 Å². The molecule has 0 amide bonds. The van der Waals surface area contributed by atoms with Crippen LogP contribution in [-0.4, -0.2) is 12.1 Å². The first kappa shape index (κ1) is 11.0. The van der Waals surface area contributed by atoms with Crippen LogP contribution in [0.25, 0.3) is 0 Å². The Kier molecular flexibility index (Phi) is 5.05. The van der Waals surface area contributed by atoms with Gasteiger partial charge in [0.1, 0.15) is 6.10 Å². The molecule has 14 heavy (non-hydrogen) atoms. The zero-order chi connectivity index (χ0) is 10.2. The lowest BCUT2D eigenvalue weighted by Gasteiger charge is -2.14. The molecule has 0 spiro atoms. The van der Waals surface area contributed by atoms with Crippen LogP contribution in [0.15, 0.2) is 24.3 Å². The fourth-order valence-corrected chi connectivity index (χ4v) is 1.41. The lowest BCUT2D eigenvalue weighted by atomic mass is 10.1. The van der Waals surface area contributed by atoms with Crippen LogP contribution in [-0.2, 0) is 9.53 Å². The molecule has 1 heterocycles. The lowest BCUT2D eigenvalue weighted by molar-refractivity contribution is -0.141. The summed E-state index contributed by atoms with van der Waals surface area (Å²) < 4.78 is 5.08. The summed E-state index contributed by atoms with van der Waals surface area (Å²) in [4.78, 5) is 10.9. The lowest BCUT2D eigenvalue weighted by Crippen LogP contribution is -2.17. The maximum absolute atomic E-state index is 10.9. The molecule has 0 saturated carbocycles. The number of cyclic esters (lactones) is 1. The smallest absolute Gasteiger partial charge is 0.331 e. The van der Waals surface area contributed by atoms with Gasteiger partial charge in [0.15, 0.2) is 0 Å². The predicted molar refractivity (Wildman–Crippen MR) is 56.9 cm³/mol. The second-order valence-electron chi connectivity index (χ2n) is 3.54. The molecule has 0 N–H and O–H groups in total. The van der Waals surface area contributed by atoms with E-state index < -0.39 is 0 Å². The first-order chi connectivity index (χ1) is 6.83. The normalized spacial score (nSPS) is 21.5. The molecule has 0 saturated heterocycles. The van der Waals surface area contributed by atoms with Crippen molar-refractivity contribution in [3.05, 3.63) is 24.3 Å². The molecule has 0 aliphatic carbocycles. The van der Waals surface area contributed by atoms with Gasteiger partial charge in [0.05, 0.1) is 0 Å². The highest BCUT2D eigenvalue weighted by atomic mass is 16.5. The molecule has 1 rings (SSSR count). The Labute approximate surface area is 85.6 Å². The minimum absolute atomic E-state index is 0.0332. The zero-order valence-electron chi connectivity index (χ0n) is 8.74. The van der Waals surface area contributed by atoms with Gasteiger partial charge in [-0.3, -0.25) is 0 Å². The molecule has 1 aliphatic heterocycles. The highest BCUT2D eigenvalue weighted by Gasteiger charge is 2.11. The highest BCUT2D eigenvalue weighted by molar-refractivity contribution is 5.82. The molecule has 78 valence electrons. The maximum atomic E-state index is 10.9. The van der Waals surface area contributed by atoms with Crippen LogP contribution in [0.5, 0.6) is 0 Å². The number of hydrogen-bond donors (Lipinski definition) is 0. The van der Waals surface area contributed by atoms with Gasteiger partial charge in [-0.1, -0.05) is 31.9 Å². The number of unbranched alkanes of at least 4 members (excludes halogenated alkanes) is 3. The van der Waals surface area contributed by atoms with Crippen LogP contribution in [0.3, 0.4) is 0 Å². The average molecular weight is 194 g/mol. The molecule has 2 nitrogen and oxygen atoms in total. The van der Waals surface area contributed by atoms with E-state index in [1.165, 1.54) is 25.3 Å². The Hall–Kier alpha value is -1.05. The Morgan fingerprint density at radius 2 is 2.43 bits per heavy atom. The third-order valence-corrected chi connectivity index (χ3v) is 2.21. The van der Waals surface area contributed by atoms with E-state index in [0.29, 0.717) is 0 Å². The van der Waals surface area contributed by atoms with Crippen molar-refractivity contribution in [2.45, 2.75) is 45.1 Å². The Morgan fingerprint density at radius 3 is 3.14 bits per heavy atom. The van der Waals surface area contributed by atoms with Gasteiger partial charge in [-0.15, -0.1) is 0 Å². The Balaban J connectivity index is 2.17. The predicted octanol–water partition coefficient (Wildman–Crippen LogP) is 2.99. The highest BCUT2D eigenvalue weighted by Crippen LogP contribution is 2.09. The third kappa shape index (κ3) is 4.26. The summed E-state index contributed by atoms with van der Waals surface area (Å²) in [5.74, 6) is -0.223. The van der Waals surface area contributed by atoms with Crippen LogP contribution in [0.2, 0.25) is 0 Å². The summed E-state index contributed by atoms with van der Waals surface area (Å²) in [5.41, 5.74) is 0. The average Bonchev–Trinajstić information content (AvgIpc) is 2.18. The summed E-state index contributed by atoms with van der Waals surface area (Å²) in [6, 6.07) is 0. The van der Waals surface area contributed by atoms with Gasteiger partial charge in [-0.2, -0.15) is 0 Å². The maximum Gasteiger partial charge on any atom is 0.331 e. The molecule has 0 unspecified atom stereocenters. The van der Waals surface area contributed by atoms with Gasteiger partial charge in [0, 0.05) is 12.5 Å². The number of ether oxygens (including phenoxy) is 1. The van der Waals surface area contributed by atoms with Gasteiger partial charge < -0.3 is 4.74 Å². The molecule has 0 bridgehead atoms. The molecule has 0 aromatic rings. The van der Waals surface area contributed by atoms with Crippen molar-refractivity contribution in [2.24, 2.45) is 0 Å². The molecule has 0 aromatic heterocycles. The van der Waals surface area contributed by atoms with E-state index in [0.717, 1.165) is 12.8 Å². The second-order valence-corrected chi connectivity index (χ2v) is 3.54. The van der Waals surface area contributed by atoms with E-state index in [2.05, 4.69) is 13.0 Å². The van der Waals surface area contributed by atoms with E-state index in [4.69, 9.17) is 4.74 Å². The molecular formula is C12H18O2. The van der Waals surface area contributed by atoms with Gasteiger partial charge in [0.2, 0.25) is 0 Å². The minimum atomic E-state index is -0.223. The van der Waals surface area contributed by atoms with E-state index in [9.17, 15) is 4.79 Å². The fourth-order valence-electron chi connectivity index (χ4n) is 1.41. The number of allylic oxidation sites excluding steroid dienone is 1. The van der Waals surface area contributed by atoms with E-state index >= 15 is 0 Å². The fraction of sp³-hybridized carbons (Fsp3) is 0.583. The van der Waals surface area contributed by atoms with Crippen molar-refractivity contribution < 1.29 is 9.53 Å².